The number of aromatic hydroxyl groups is 1. The number of ether oxygens (including phenoxy) is 2. The molecule has 0 bridgehead atoms. The molecule has 3 rings (SSSR count). The zero-order chi connectivity index (χ0) is 16.6. The van der Waals surface area contributed by atoms with Gasteiger partial charge in [-0.1, -0.05) is 12.1 Å². The van der Waals surface area contributed by atoms with E-state index in [-0.39, 0.29) is 17.8 Å². The Morgan fingerprint density at radius 3 is 2.48 bits per heavy atom. The van der Waals surface area contributed by atoms with Crippen molar-refractivity contribution in [2.75, 3.05) is 26.6 Å². The minimum Gasteiger partial charge on any atom is -0.508 e. The largest absolute Gasteiger partial charge is 0.508 e. The van der Waals surface area contributed by atoms with E-state index in [0.717, 1.165) is 5.56 Å². The number of amides is 1. The fraction of sp³-hybridized carbons (Fsp3) is 0.235. The van der Waals surface area contributed by atoms with Crippen molar-refractivity contribution in [3.05, 3.63) is 47.5 Å². The Balaban J connectivity index is 2.06. The minimum atomic E-state index is -0.375. The van der Waals surface area contributed by atoms with Crippen LogP contribution < -0.4 is 14.8 Å². The second-order valence-corrected chi connectivity index (χ2v) is 5.31. The third-order valence-electron chi connectivity index (χ3n) is 3.94. The Labute approximate surface area is 134 Å². The molecule has 0 saturated carbocycles. The molecule has 1 aliphatic heterocycles. The predicted molar refractivity (Wildman–Crippen MR) is 86.1 cm³/mol. The monoisotopic (exact) mass is 314 g/mol. The van der Waals surface area contributed by atoms with Gasteiger partial charge in [0.2, 0.25) is 0 Å². The lowest BCUT2D eigenvalue weighted by Gasteiger charge is -2.36. The van der Waals surface area contributed by atoms with E-state index in [4.69, 9.17) is 9.47 Å². The zero-order valence-corrected chi connectivity index (χ0v) is 13.2. The van der Waals surface area contributed by atoms with Crippen LogP contribution in [0.5, 0.6) is 17.2 Å². The van der Waals surface area contributed by atoms with Gasteiger partial charge in [-0.3, -0.25) is 4.79 Å². The number of benzene rings is 2. The van der Waals surface area contributed by atoms with Gasteiger partial charge in [0.25, 0.3) is 5.91 Å². The van der Waals surface area contributed by atoms with Crippen LogP contribution in [0, 0.1) is 0 Å². The smallest absolute Gasteiger partial charge is 0.257 e. The maximum Gasteiger partial charge on any atom is 0.257 e. The van der Waals surface area contributed by atoms with Crippen LogP contribution in [0.15, 0.2) is 36.4 Å². The highest BCUT2D eigenvalue weighted by atomic mass is 16.5. The van der Waals surface area contributed by atoms with Crippen molar-refractivity contribution in [3.63, 3.8) is 0 Å². The Morgan fingerprint density at radius 1 is 1.13 bits per heavy atom. The van der Waals surface area contributed by atoms with Gasteiger partial charge in [-0.05, 0) is 23.8 Å². The van der Waals surface area contributed by atoms with Crippen molar-refractivity contribution in [3.8, 4) is 17.2 Å². The summed E-state index contributed by atoms with van der Waals surface area (Å²) < 4.78 is 10.6. The molecular weight excluding hydrogens is 296 g/mol. The number of nitrogens with zero attached hydrogens (tertiary/aromatic N) is 1. The standard InChI is InChI=1S/C17H18N2O4/c1-19-16(10-5-4-6-11(20)7-10)18-13-9-15(23-3)14(22-2)8-12(13)17(19)21/h4-9,16,18,20H,1-3H3. The second-order valence-electron chi connectivity index (χ2n) is 5.31. The second kappa shape index (κ2) is 5.72. The molecule has 0 fully saturated rings. The lowest BCUT2D eigenvalue weighted by molar-refractivity contribution is 0.0734. The molecule has 0 saturated heterocycles. The Kier molecular flexibility index (Phi) is 3.73. The van der Waals surface area contributed by atoms with Crippen LogP contribution in [-0.4, -0.2) is 37.2 Å². The summed E-state index contributed by atoms with van der Waals surface area (Å²) in [7, 11) is 4.79. The molecule has 0 spiro atoms. The van der Waals surface area contributed by atoms with Gasteiger partial charge in [-0.15, -0.1) is 0 Å². The van der Waals surface area contributed by atoms with Crippen LogP contribution in [0.4, 0.5) is 5.69 Å². The van der Waals surface area contributed by atoms with Gasteiger partial charge in [-0.2, -0.15) is 0 Å². The summed E-state index contributed by atoms with van der Waals surface area (Å²) in [5.41, 5.74) is 1.97. The fourth-order valence-electron chi connectivity index (χ4n) is 2.73. The molecule has 2 aromatic rings. The first-order valence-electron chi connectivity index (χ1n) is 7.13. The topological polar surface area (TPSA) is 71.0 Å². The quantitative estimate of drug-likeness (QED) is 0.911. The molecule has 0 aromatic heterocycles. The normalized spacial score (nSPS) is 16.6. The number of phenols is 1. The summed E-state index contributed by atoms with van der Waals surface area (Å²) in [4.78, 5) is 14.3. The molecule has 120 valence electrons. The van der Waals surface area contributed by atoms with Crippen molar-refractivity contribution in [2.45, 2.75) is 6.17 Å². The average Bonchev–Trinajstić information content (AvgIpc) is 2.57. The molecule has 1 heterocycles. The molecule has 1 unspecified atom stereocenters. The molecule has 2 aromatic carbocycles. The van der Waals surface area contributed by atoms with E-state index in [1.165, 1.54) is 7.11 Å². The van der Waals surface area contributed by atoms with Crippen molar-refractivity contribution < 1.29 is 19.4 Å². The van der Waals surface area contributed by atoms with Crippen LogP contribution in [-0.2, 0) is 0 Å². The van der Waals surface area contributed by atoms with Crippen molar-refractivity contribution in [1.82, 2.24) is 4.90 Å². The summed E-state index contributed by atoms with van der Waals surface area (Å²) in [6.07, 6.45) is -0.375. The van der Waals surface area contributed by atoms with Crippen LogP contribution in [0.25, 0.3) is 0 Å². The van der Waals surface area contributed by atoms with E-state index in [2.05, 4.69) is 5.32 Å². The molecule has 6 heteroatoms. The highest BCUT2D eigenvalue weighted by Gasteiger charge is 2.31. The molecule has 1 aliphatic rings. The number of carbonyl (C=O) groups is 1. The van der Waals surface area contributed by atoms with Gasteiger partial charge >= 0.3 is 0 Å². The van der Waals surface area contributed by atoms with Crippen molar-refractivity contribution >= 4 is 11.6 Å². The first-order chi connectivity index (χ1) is 11.0. The highest BCUT2D eigenvalue weighted by Crippen LogP contribution is 2.39. The fourth-order valence-corrected chi connectivity index (χ4v) is 2.73. The molecule has 1 atom stereocenters. The predicted octanol–water partition coefficient (Wildman–Crippen LogP) is 2.61. The SMILES string of the molecule is COc1cc2c(cc1OC)C(=O)N(C)C(c1cccc(O)c1)N2. The zero-order valence-electron chi connectivity index (χ0n) is 13.2. The number of nitrogens with one attached hydrogen (secondary N) is 1. The third-order valence-corrected chi connectivity index (χ3v) is 3.94. The number of rotatable bonds is 3. The Bertz CT molecular complexity index is 760. The number of carbonyl (C=O) groups excluding carboxylic acids is 1. The molecule has 0 aliphatic carbocycles. The van der Waals surface area contributed by atoms with E-state index in [1.54, 1.807) is 49.4 Å². The summed E-state index contributed by atoms with van der Waals surface area (Å²) in [6.45, 7) is 0. The molecular formula is C17H18N2O4. The van der Waals surface area contributed by atoms with Gasteiger partial charge < -0.3 is 24.8 Å². The molecule has 1 amide bonds. The van der Waals surface area contributed by atoms with Gasteiger partial charge in [0.15, 0.2) is 11.5 Å². The van der Waals surface area contributed by atoms with Gasteiger partial charge in [0.05, 0.1) is 25.5 Å². The number of hydrogen-bond acceptors (Lipinski definition) is 5. The minimum absolute atomic E-state index is 0.131. The average molecular weight is 314 g/mol. The van der Waals surface area contributed by atoms with Gasteiger partial charge in [-0.25, -0.2) is 0 Å². The first-order valence-corrected chi connectivity index (χ1v) is 7.13. The Morgan fingerprint density at radius 2 is 1.83 bits per heavy atom. The first kappa shape index (κ1) is 15.0. The van der Waals surface area contributed by atoms with E-state index in [0.29, 0.717) is 22.7 Å². The maximum atomic E-state index is 12.7. The molecule has 6 nitrogen and oxygen atoms in total. The van der Waals surface area contributed by atoms with Gasteiger partial charge in [0.1, 0.15) is 11.9 Å². The third kappa shape index (κ3) is 2.52. The maximum absolute atomic E-state index is 12.7. The number of methoxy groups -OCH3 is 2. The highest BCUT2D eigenvalue weighted by molar-refractivity contribution is 6.02. The Hall–Kier alpha value is -2.89. The summed E-state index contributed by atoms with van der Waals surface area (Å²) in [5.74, 6) is 1.08. The van der Waals surface area contributed by atoms with E-state index in [1.807, 2.05) is 6.07 Å². The number of phenolic OH excluding ortho intramolecular Hbond substituents is 1. The van der Waals surface area contributed by atoms with E-state index >= 15 is 0 Å². The van der Waals surface area contributed by atoms with Crippen LogP contribution in [0.3, 0.4) is 0 Å². The lowest BCUT2D eigenvalue weighted by Crippen LogP contribution is -2.40. The lowest BCUT2D eigenvalue weighted by atomic mass is 10.0. The van der Waals surface area contributed by atoms with Crippen LogP contribution >= 0.6 is 0 Å². The number of fused-ring (bicyclic) bond motifs is 1. The molecule has 23 heavy (non-hydrogen) atoms. The van der Waals surface area contributed by atoms with Crippen molar-refractivity contribution in [2.24, 2.45) is 0 Å². The van der Waals surface area contributed by atoms with Crippen molar-refractivity contribution in [1.29, 1.82) is 0 Å². The van der Waals surface area contributed by atoms with Crippen LogP contribution in [0.1, 0.15) is 22.1 Å². The van der Waals surface area contributed by atoms with E-state index in [9.17, 15) is 9.90 Å². The van der Waals surface area contributed by atoms with E-state index < -0.39 is 0 Å². The molecule has 0 radical (unpaired) electrons. The molecule has 2 N–H and O–H groups in total. The summed E-state index contributed by atoms with van der Waals surface area (Å²) >= 11 is 0. The summed E-state index contributed by atoms with van der Waals surface area (Å²) in [5, 5.41) is 13.0. The van der Waals surface area contributed by atoms with Gasteiger partial charge in [0, 0.05) is 13.1 Å². The summed E-state index contributed by atoms with van der Waals surface area (Å²) in [6, 6.07) is 10.2. The number of anilines is 1. The number of hydrogen-bond donors (Lipinski definition) is 2. The van der Waals surface area contributed by atoms with Crippen LogP contribution in [0.2, 0.25) is 0 Å².